The van der Waals surface area contributed by atoms with Crippen molar-refractivity contribution in [1.29, 1.82) is 0 Å². The predicted molar refractivity (Wildman–Crippen MR) is 94.1 cm³/mol. The maximum absolute atomic E-state index is 12.2. The van der Waals surface area contributed by atoms with Crippen molar-refractivity contribution in [3.8, 4) is 0 Å². The summed E-state index contributed by atoms with van der Waals surface area (Å²) in [7, 11) is -3.04. The van der Waals surface area contributed by atoms with Crippen molar-refractivity contribution < 1.29 is 13.2 Å². The normalized spacial score (nSPS) is 20.0. The second kappa shape index (κ2) is 7.23. The van der Waals surface area contributed by atoms with Crippen LogP contribution in [0, 0.1) is 12.8 Å². The highest BCUT2D eigenvalue weighted by Gasteiger charge is 2.41. The standard InChI is InChI=1S/C18H26N2O3S/c1-14-3-2-4-16(11-14)12-18(21)19-13-15-7-9-20(10-8-15)24(22,23)17-5-6-17/h2-4,11,15,17H,5-10,12-13H2,1H3,(H,19,21). The lowest BCUT2D eigenvalue weighted by atomic mass is 9.98. The molecule has 0 spiro atoms. The van der Waals surface area contributed by atoms with Crippen molar-refractivity contribution in [2.24, 2.45) is 5.92 Å². The number of carbonyl (C=O) groups is 1. The highest BCUT2D eigenvalue weighted by Crippen LogP contribution is 2.33. The molecule has 3 rings (SSSR count). The number of nitrogens with zero attached hydrogens (tertiary/aromatic N) is 1. The molecule has 0 unspecified atom stereocenters. The number of carbonyl (C=O) groups excluding carboxylic acids is 1. The van der Waals surface area contributed by atoms with Crippen LogP contribution in [0.2, 0.25) is 0 Å². The number of benzene rings is 1. The van der Waals surface area contributed by atoms with Crippen LogP contribution < -0.4 is 5.32 Å². The van der Waals surface area contributed by atoms with E-state index >= 15 is 0 Å². The Morgan fingerprint density at radius 2 is 1.92 bits per heavy atom. The van der Waals surface area contributed by atoms with Gasteiger partial charge in [0, 0.05) is 19.6 Å². The first-order valence-corrected chi connectivity index (χ1v) is 10.3. The first-order valence-electron chi connectivity index (χ1n) is 8.76. The molecule has 1 saturated carbocycles. The van der Waals surface area contributed by atoms with Crippen LogP contribution in [-0.2, 0) is 21.2 Å². The number of hydrogen-bond acceptors (Lipinski definition) is 3. The molecule has 1 N–H and O–H groups in total. The Bertz CT molecular complexity index is 690. The molecule has 2 aliphatic rings. The lowest BCUT2D eigenvalue weighted by molar-refractivity contribution is -0.120. The summed E-state index contributed by atoms with van der Waals surface area (Å²) in [5.74, 6) is 0.408. The van der Waals surface area contributed by atoms with E-state index in [4.69, 9.17) is 0 Å². The van der Waals surface area contributed by atoms with Gasteiger partial charge in [-0.1, -0.05) is 29.8 Å². The largest absolute Gasteiger partial charge is 0.356 e. The maximum Gasteiger partial charge on any atom is 0.224 e. The molecule has 1 heterocycles. The Balaban J connectivity index is 1.41. The third kappa shape index (κ3) is 4.36. The predicted octanol–water partition coefficient (Wildman–Crippen LogP) is 1.86. The van der Waals surface area contributed by atoms with Crippen LogP contribution in [0.15, 0.2) is 24.3 Å². The van der Waals surface area contributed by atoms with Gasteiger partial charge in [0.1, 0.15) is 0 Å². The Morgan fingerprint density at radius 1 is 1.21 bits per heavy atom. The van der Waals surface area contributed by atoms with Crippen molar-refractivity contribution in [3.05, 3.63) is 35.4 Å². The number of nitrogens with one attached hydrogen (secondary N) is 1. The fourth-order valence-electron chi connectivity index (χ4n) is 3.27. The highest BCUT2D eigenvalue weighted by atomic mass is 32.2. The SMILES string of the molecule is Cc1cccc(CC(=O)NCC2CCN(S(=O)(=O)C3CC3)CC2)c1. The third-order valence-corrected chi connectivity index (χ3v) is 7.31. The zero-order valence-electron chi connectivity index (χ0n) is 14.2. The number of sulfonamides is 1. The topological polar surface area (TPSA) is 66.5 Å². The Hall–Kier alpha value is -1.40. The number of aryl methyl sites for hydroxylation is 1. The molecule has 1 saturated heterocycles. The quantitative estimate of drug-likeness (QED) is 0.851. The van der Waals surface area contributed by atoms with Crippen molar-refractivity contribution >= 4 is 15.9 Å². The first kappa shape index (κ1) is 17.4. The minimum Gasteiger partial charge on any atom is -0.356 e. The van der Waals surface area contributed by atoms with Gasteiger partial charge in [-0.2, -0.15) is 0 Å². The summed E-state index contributed by atoms with van der Waals surface area (Å²) in [6.45, 7) is 3.85. The molecule has 24 heavy (non-hydrogen) atoms. The number of piperidine rings is 1. The Kier molecular flexibility index (Phi) is 5.25. The molecular formula is C18H26N2O3S. The second-order valence-corrected chi connectivity index (χ2v) is 9.27. The fourth-order valence-corrected chi connectivity index (χ4v) is 5.15. The van der Waals surface area contributed by atoms with Crippen LogP contribution in [0.1, 0.15) is 36.8 Å². The van der Waals surface area contributed by atoms with E-state index < -0.39 is 10.0 Å². The van der Waals surface area contributed by atoms with Crippen molar-refractivity contribution in [2.45, 2.75) is 44.3 Å². The van der Waals surface area contributed by atoms with Gasteiger partial charge in [0.15, 0.2) is 0 Å². The van der Waals surface area contributed by atoms with Gasteiger partial charge in [-0.05, 0) is 44.1 Å². The molecule has 2 fully saturated rings. The summed E-state index contributed by atoms with van der Waals surface area (Å²) in [5.41, 5.74) is 2.18. The number of amides is 1. The van der Waals surface area contributed by atoms with E-state index in [1.807, 2.05) is 31.2 Å². The molecule has 6 heteroatoms. The van der Waals surface area contributed by atoms with Gasteiger partial charge in [0.25, 0.3) is 0 Å². The Morgan fingerprint density at radius 3 is 2.54 bits per heavy atom. The van der Waals surface area contributed by atoms with Crippen LogP contribution in [0.4, 0.5) is 0 Å². The summed E-state index contributed by atoms with van der Waals surface area (Å²) in [6, 6.07) is 7.98. The van der Waals surface area contributed by atoms with E-state index in [2.05, 4.69) is 5.32 Å². The third-order valence-electron chi connectivity index (χ3n) is 4.91. The average Bonchev–Trinajstić information content (AvgIpc) is 3.39. The molecule has 0 bridgehead atoms. The molecule has 1 aromatic carbocycles. The summed E-state index contributed by atoms with van der Waals surface area (Å²) in [6.07, 6.45) is 3.69. The molecule has 0 aromatic heterocycles. The van der Waals surface area contributed by atoms with E-state index in [9.17, 15) is 13.2 Å². The van der Waals surface area contributed by atoms with Gasteiger partial charge in [0.05, 0.1) is 11.7 Å². The summed E-state index contributed by atoms with van der Waals surface area (Å²) < 4.78 is 26.1. The molecule has 1 aromatic rings. The smallest absolute Gasteiger partial charge is 0.224 e. The van der Waals surface area contributed by atoms with Gasteiger partial charge < -0.3 is 5.32 Å². The van der Waals surface area contributed by atoms with Gasteiger partial charge in [-0.15, -0.1) is 0 Å². The van der Waals surface area contributed by atoms with E-state index in [1.165, 1.54) is 0 Å². The van der Waals surface area contributed by atoms with Crippen LogP contribution >= 0.6 is 0 Å². The second-order valence-electron chi connectivity index (χ2n) is 7.06. The lowest BCUT2D eigenvalue weighted by Gasteiger charge is -2.31. The van der Waals surface area contributed by atoms with Crippen molar-refractivity contribution in [3.63, 3.8) is 0 Å². The minimum atomic E-state index is -3.04. The minimum absolute atomic E-state index is 0.0358. The van der Waals surface area contributed by atoms with Crippen molar-refractivity contribution in [1.82, 2.24) is 9.62 Å². The molecule has 0 atom stereocenters. The lowest BCUT2D eigenvalue weighted by Crippen LogP contribution is -2.42. The van der Waals surface area contributed by atoms with E-state index in [1.54, 1.807) is 4.31 Å². The number of rotatable bonds is 6. The molecule has 1 amide bonds. The van der Waals surface area contributed by atoms with E-state index in [-0.39, 0.29) is 11.2 Å². The van der Waals surface area contributed by atoms with Crippen LogP contribution in [0.3, 0.4) is 0 Å². The van der Waals surface area contributed by atoms with Crippen LogP contribution in [0.25, 0.3) is 0 Å². The molecular weight excluding hydrogens is 324 g/mol. The molecule has 1 aliphatic carbocycles. The van der Waals surface area contributed by atoms with Crippen LogP contribution in [-0.4, -0.2) is 43.5 Å². The monoisotopic (exact) mass is 350 g/mol. The van der Waals surface area contributed by atoms with Gasteiger partial charge in [-0.3, -0.25) is 4.79 Å². The van der Waals surface area contributed by atoms with Crippen molar-refractivity contribution in [2.75, 3.05) is 19.6 Å². The van der Waals surface area contributed by atoms with Gasteiger partial charge >= 0.3 is 0 Å². The highest BCUT2D eigenvalue weighted by molar-refractivity contribution is 7.90. The molecule has 5 nitrogen and oxygen atoms in total. The van der Waals surface area contributed by atoms with Gasteiger partial charge in [-0.25, -0.2) is 12.7 Å². The maximum atomic E-state index is 12.2. The van der Waals surface area contributed by atoms with Gasteiger partial charge in [0.2, 0.25) is 15.9 Å². The summed E-state index contributed by atoms with van der Waals surface area (Å²) >= 11 is 0. The van der Waals surface area contributed by atoms with E-state index in [0.717, 1.165) is 36.8 Å². The average molecular weight is 350 g/mol. The zero-order valence-corrected chi connectivity index (χ0v) is 15.0. The summed E-state index contributed by atoms with van der Waals surface area (Å²) in [4.78, 5) is 12.1. The summed E-state index contributed by atoms with van der Waals surface area (Å²) in [5, 5.41) is 2.88. The first-order chi connectivity index (χ1) is 11.4. The number of hydrogen-bond donors (Lipinski definition) is 1. The van der Waals surface area contributed by atoms with E-state index in [0.29, 0.717) is 32.0 Å². The fraction of sp³-hybridized carbons (Fsp3) is 0.611. The molecule has 0 radical (unpaired) electrons. The van der Waals surface area contributed by atoms with Crippen LogP contribution in [0.5, 0.6) is 0 Å². The zero-order chi connectivity index (χ0) is 17.2. The Labute approximate surface area is 144 Å². The molecule has 1 aliphatic heterocycles. The molecule has 132 valence electrons.